The lowest BCUT2D eigenvalue weighted by Gasteiger charge is -2.35. The van der Waals surface area contributed by atoms with Crippen LogP contribution in [0.25, 0.3) is 0 Å². The van der Waals surface area contributed by atoms with Gasteiger partial charge in [-0.1, -0.05) is 23.9 Å². The SMILES string of the molecule is N#CC1=C(N)SC(=N)[C@@H](C#N)[C@H]1[C@@H]1C[C@H]2C=C[C@@H]1C21CC1. The van der Waals surface area contributed by atoms with E-state index in [0.29, 0.717) is 38.8 Å². The third-order valence-electron chi connectivity index (χ3n) is 5.95. The van der Waals surface area contributed by atoms with Gasteiger partial charge < -0.3 is 5.73 Å². The van der Waals surface area contributed by atoms with Crippen LogP contribution in [-0.2, 0) is 0 Å². The molecular formula is C16H16N4S. The maximum atomic E-state index is 9.51. The van der Waals surface area contributed by atoms with Crippen molar-refractivity contribution in [3.8, 4) is 12.1 Å². The van der Waals surface area contributed by atoms with Crippen molar-refractivity contribution in [2.75, 3.05) is 0 Å². The number of nitriles is 2. The van der Waals surface area contributed by atoms with Crippen molar-refractivity contribution in [2.45, 2.75) is 19.3 Å². The monoisotopic (exact) mass is 296 g/mol. The second kappa shape index (κ2) is 4.15. The molecule has 5 atom stereocenters. The predicted octanol–water partition coefficient (Wildman–Crippen LogP) is 2.76. The van der Waals surface area contributed by atoms with E-state index >= 15 is 0 Å². The highest BCUT2D eigenvalue weighted by molar-refractivity contribution is 8.17. The Morgan fingerprint density at radius 2 is 2.10 bits per heavy atom. The molecule has 0 unspecified atom stereocenters. The summed E-state index contributed by atoms with van der Waals surface area (Å²) in [7, 11) is 0. The molecule has 1 spiro atoms. The highest BCUT2D eigenvalue weighted by Crippen LogP contribution is 2.72. The van der Waals surface area contributed by atoms with Gasteiger partial charge in [0.2, 0.25) is 0 Å². The van der Waals surface area contributed by atoms with Gasteiger partial charge in [-0.3, -0.25) is 5.41 Å². The third-order valence-corrected chi connectivity index (χ3v) is 6.86. The highest BCUT2D eigenvalue weighted by Gasteiger charge is 2.65. The fraction of sp³-hybridized carbons (Fsp3) is 0.562. The second-order valence-electron chi connectivity index (χ2n) is 6.64. The summed E-state index contributed by atoms with van der Waals surface area (Å²) in [6.07, 6.45) is 8.21. The van der Waals surface area contributed by atoms with Crippen LogP contribution in [0, 0.1) is 63.1 Å². The van der Waals surface area contributed by atoms with Crippen LogP contribution in [0.3, 0.4) is 0 Å². The van der Waals surface area contributed by atoms with E-state index in [1.165, 1.54) is 12.8 Å². The number of allylic oxidation sites excluding steroid dienone is 3. The molecule has 3 N–H and O–H groups in total. The Balaban J connectivity index is 1.77. The molecule has 1 heterocycles. The van der Waals surface area contributed by atoms with Crippen molar-refractivity contribution < 1.29 is 0 Å². The fourth-order valence-corrected chi connectivity index (χ4v) is 5.74. The Labute approximate surface area is 128 Å². The fourth-order valence-electron chi connectivity index (χ4n) is 4.89. The molecule has 0 saturated heterocycles. The number of rotatable bonds is 1. The number of hydrogen-bond acceptors (Lipinski definition) is 5. The summed E-state index contributed by atoms with van der Waals surface area (Å²) < 4.78 is 0. The minimum Gasteiger partial charge on any atom is -0.392 e. The average molecular weight is 296 g/mol. The number of hydrogen-bond donors (Lipinski definition) is 2. The van der Waals surface area contributed by atoms with Crippen molar-refractivity contribution >= 4 is 16.8 Å². The summed E-state index contributed by atoms with van der Waals surface area (Å²) in [4.78, 5) is 0. The molecule has 5 heteroatoms. The van der Waals surface area contributed by atoms with Crippen LogP contribution in [0.2, 0.25) is 0 Å². The van der Waals surface area contributed by atoms with Gasteiger partial charge in [0.05, 0.1) is 27.8 Å². The van der Waals surface area contributed by atoms with Gasteiger partial charge in [0.15, 0.2) is 0 Å². The minimum atomic E-state index is -0.509. The lowest BCUT2D eigenvalue weighted by molar-refractivity contribution is 0.279. The standard InChI is InChI=1S/C16H16N4S/c17-6-10-13(11(7-18)15(20)21-14(10)19)9-5-8-1-2-12(9)16(8)3-4-16/h1-2,8-10,12-13,19H,3-5,20H2/t8-,9-,10+,12+,13-/m1/s1. The molecule has 4 rings (SSSR count). The molecule has 3 aliphatic carbocycles. The first-order valence-corrected chi connectivity index (χ1v) is 8.18. The lowest BCUT2D eigenvalue weighted by atomic mass is 9.71. The molecule has 106 valence electrons. The van der Waals surface area contributed by atoms with Crippen LogP contribution in [0.15, 0.2) is 22.8 Å². The summed E-state index contributed by atoms with van der Waals surface area (Å²) in [5, 5.41) is 27.8. The topological polar surface area (TPSA) is 97.4 Å². The molecule has 0 radical (unpaired) electrons. The number of thioether (sulfide) groups is 1. The molecule has 4 nitrogen and oxygen atoms in total. The molecule has 2 saturated carbocycles. The zero-order valence-electron chi connectivity index (χ0n) is 11.5. The molecule has 2 bridgehead atoms. The van der Waals surface area contributed by atoms with Crippen molar-refractivity contribution in [1.82, 2.24) is 0 Å². The van der Waals surface area contributed by atoms with Crippen molar-refractivity contribution in [2.24, 2.45) is 40.7 Å². The first-order chi connectivity index (χ1) is 10.1. The number of nitrogens with zero attached hydrogens (tertiary/aromatic N) is 2. The van der Waals surface area contributed by atoms with E-state index in [9.17, 15) is 10.5 Å². The Morgan fingerprint density at radius 3 is 2.67 bits per heavy atom. The zero-order chi connectivity index (χ0) is 14.8. The van der Waals surface area contributed by atoms with Crippen LogP contribution < -0.4 is 5.73 Å². The largest absolute Gasteiger partial charge is 0.392 e. The van der Waals surface area contributed by atoms with Gasteiger partial charge in [0.25, 0.3) is 0 Å². The van der Waals surface area contributed by atoms with Gasteiger partial charge in [-0.15, -0.1) is 0 Å². The van der Waals surface area contributed by atoms with Gasteiger partial charge in [-0.2, -0.15) is 10.5 Å². The van der Waals surface area contributed by atoms with E-state index in [0.717, 1.165) is 18.2 Å². The van der Waals surface area contributed by atoms with Gasteiger partial charge in [0.1, 0.15) is 5.92 Å². The van der Waals surface area contributed by atoms with Crippen LogP contribution in [0.5, 0.6) is 0 Å². The molecule has 0 aromatic heterocycles. The van der Waals surface area contributed by atoms with Gasteiger partial charge in [-0.05, 0) is 42.4 Å². The molecule has 0 amide bonds. The molecule has 4 aliphatic rings. The maximum absolute atomic E-state index is 9.51. The van der Waals surface area contributed by atoms with E-state index in [2.05, 4.69) is 24.3 Å². The Hall–Kier alpha value is -1.72. The van der Waals surface area contributed by atoms with Crippen LogP contribution >= 0.6 is 11.8 Å². The van der Waals surface area contributed by atoms with E-state index in [-0.39, 0.29) is 5.92 Å². The molecule has 1 aliphatic heterocycles. The predicted molar refractivity (Wildman–Crippen MR) is 80.6 cm³/mol. The summed E-state index contributed by atoms with van der Waals surface area (Å²) in [5.41, 5.74) is 6.96. The summed E-state index contributed by atoms with van der Waals surface area (Å²) >= 11 is 1.08. The second-order valence-corrected chi connectivity index (χ2v) is 7.72. The Kier molecular flexibility index (Phi) is 2.56. The zero-order valence-corrected chi connectivity index (χ0v) is 12.4. The van der Waals surface area contributed by atoms with Crippen molar-refractivity contribution in [3.63, 3.8) is 0 Å². The summed E-state index contributed by atoms with van der Waals surface area (Å²) in [5.74, 6) is 0.672. The first kappa shape index (κ1) is 13.0. The third kappa shape index (κ3) is 1.53. The molecule has 21 heavy (non-hydrogen) atoms. The molecule has 0 aromatic rings. The lowest BCUT2D eigenvalue weighted by Crippen LogP contribution is -2.35. The van der Waals surface area contributed by atoms with Crippen molar-refractivity contribution in [1.29, 1.82) is 15.9 Å². The van der Waals surface area contributed by atoms with E-state index in [1.54, 1.807) is 0 Å². The smallest absolute Gasteiger partial charge is 0.102 e. The normalized spacial score (nSPS) is 42.2. The molecular weight excluding hydrogens is 280 g/mol. The Morgan fingerprint density at radius 1 is 1.33 bits per heavy atom. The van der Waals surface area contributed by atoms with Crippen LogP contribution in [0.1, 0.15) is 19.3 Å². The average Bonchev–Trinajstić information content (AvgIpc) is 3.13. The Bertz CT molecular complexity index is 673. The minimum absolute atomic E-state index is 0.189. The van der Waals surface area contributed by atoms with E-state index < -0.39 is 5.92 Å². The maximum Gasteiger partial charge on any atom is 0.102 e. The van der Waals surface area contributed by atoms with Crippen molar-refractivity contribution in [3.05, 3.63) is 22.8 Å². The van der Waals surface area contributed by atoms with Crippen LogP contribution in [0.4, 0.5) is 0 Å². The molecule has 0 aromatic carbocycles. The van der Waals surface area contributed by atoms with Gasteiger partial charge in [-0.25, -0.2) is 0 Å². The molecule has 2 fully saturated rings. The van der Waals surface area contributed by atoms with E-state index in [1.807, 2.05) is 0 Å². The first-order valence-electron chi connectivity index (χ1n) is 7.36. The summed E-state index contributed by atoms with van der Waals surface area (Å²) in [6.45, 7) is 0. The summed E-state index contributed by atoms with van der Waals surface area (Å²) in [6, 6.07) is 4.50. The number of nitrogens with one attached hydrogen (secondary N) is 1. The van der Waals surface area contributed by atoms with Crippen LogP contribution in [-0.4, -0.2) is 5.04 Å². The van der Waals surface area contributed by atoms with Gasteiger partial charge in [0, 0.05) is 5.92 Å². The van der Waals surface area contributed by atoms with Gasteiger partial charge >= 0.3 is 0 Å². The number of nitrogens with two attached hydrogens (primary N) is 1. The highest BCUT2D eigenvalue weighted by atomic mass is 32.2. The quantitative estimate of drug-likeness (QED) is 0.727. The van der Waals surface area contributed by atoms with E-state index in [4.69, 9.17) is 11.1 Å².